The highest BCUT2D eigenvalue weighted by Crippen LogP contribution is 2.47. The van der Waals surface area contributed by atoms with Crippen molar-refractivity contribution in [3.8, 4) is 17.2 Å². The molecule has 0 spiro atoms. The molecule has 6 nitrogen and oxygen atoms in total. The van der Waals surface area contributed by atoms with Gasteiger partial charge in [0.15, 0.2) is 0 Å². The Morgan fingerprint density at radius 2 is 0.756 bits per heavy atom. The van der Waals surface area contributed by atoms with E-state index in [9.17, 15) is 0 Å². The van der Waals surface area contributed by atoms with Crippen LogP contribution in [-0.4, -0.2) is 34.8 Å². The van der Waals surface area contributed by atoms with Gasteiger partial charge in [-0.3, -0.25) is 0 Å². The van der Waals surface area contributed by atoms with Gasteiger partial charge in [-0.15, -0.1) is 0 Å². The zero-order valence-electron chi connectivity index (χ0n) is 25.1. The minimum atomic E-state index is 0.492. The predicted molar refractivity (Wildman–Crippen MR) is 187 cm³/mol. The van der Waals surface area contributed by atoms with E-state index in [0.29, 0.717) is 84.1 Å². The minimum Gasteiger partial charge on any atom is -0.494 e. The van der Waals surface area contributed by atoms with Crippen LogP contribution in [0.25, 0.3) is 65.4 Å². The van der Waals surface area contributed by atoms with Gasteiger partial charge in [-0.1, -0.05) is 55.6 Å². The Balaban J connectivity index is 1.65. The second-order valence-electron chi connectivity index (χ2n) is 11.0. The Kier molecular flexibility index (Phi) is 8.07. The highest BCUT2D eigenvalue weighted by molar-refractivity contribution is 6.50. The highest BCUT2D eigenvalue weighted by atomic mass is 35.5. The smallest absolute Gasteiger partial charge is 0.120 e. The summed E-state index contributed by atoms with van der Waals surface area (Å²) in [4.78, 5) is 15.4. The molecule has 0 saturated carbocycles. The summed E-state index contributed by atoms with van der Waals surface area (Å²) in [5.41, 5.74) is 3.92. The summed E-state index contributed by atoms with van der Waals surface area (Å²) in [5.74, 6) is 2.16. The van der Waals surface area contributed by atoms with Crippen molar-refractivity contribution in [3.63, 3.8) is 0 Å². The molecule has 0 aliphatic carbocycles. The number of benzene rings is 4. The Hall–Kier alpha value is -3.84. The normalized spacial score (nSPS) is 11.9. The van der Waals surface area contributed by atoms with Crippen LogP contribution in [0.15, 0.2) is 54.6 Å². The topological polar surface area (TPSA) is 66.4 Å². The number of pyridine rings is 3. The molecule has 0 aliphatic rings. The Morgan fingerprint density at radius 3 is 1.02 bits per heavy atom. The zero-order valence-corrected chi connectivity index (χ0v) is 27.4. The van der Waals surface area contributed by atoms with Gasteiger partial charge in [0, 0.05) is 32.3 Å². The van der Waals surface area contributed by atoms with Gasteiger partial charge < -0.3 is 14.2 Å². The summed E-state index contributed by atoms with van der Waals surface area (Å²) in [6.45, 7) is 8.01. The first-order chi connectivity index (χ1) is 21.9. The molecule has 45 heavy (non-hydrogen) atoms. The maximum Gasteiger partial charge on any atom is 0.120 e. The van der Waals surface area contributed by atoms with Gasteiger partial charge in [-0.05, 0) is 73.9 Å². The molecular formula is C36H30Cl3N3O3. The lowest BCUT2D eigenvalue weighted by Gasteiger charge is -2.17. The fraction of sp³-hybridized carbons (Fsp3) is 0.250. The van der Waals surface area contributed by atoms with Crippen molar-refractivity contribution >= 4 is 100 Å². The van der Waals surface area contributed by atoms with Gasteiger partial charge in [0.1, 0.15) is 17.2 Å². The van der Waals surface area contributed by atoms with Crippen molar-refractivity contribution in [2.75, 3.05) is 19.8 Å². The molecule has 7 aromatic rings. The lowest BCUT2D eigenvalue weighted by molar-refractivity contribution is 0.318. The first-order valence-corrected chi connectivity index (χ1v) is 16.4. The molecule has 0 amide bonds. The van der Waals surface area contributed by atoms with Crippen LogP contribution in [-0.2, 0) is 0 Å². The first-order valence-electron chi connectivity index (χ1n) is 15.2. The monoisotopic (exact) mass is 657 g/mol. The van der Waals surface area contributed by atoms with Crippen LogP contribution in [0.4, 0.5) is 0 Å². The number of hydrogen-bond acceptors (Lipinski definition) is 6. The predicted octanol–water partition coefficient (Wildman–Crippen LogP) is 11.1. The largest absolute Gasteiger partial charge is 0.494 e. The lowest BCUT2D eigenvalue weighted by Crippen LogP contribution is -1.99. The van der Waals surface area contributed by atoms with Gasteiger partial charge in [-0.25, -0.2) is 15.0 Å². The highest BCUT2D eigenvalue weighted by Gasteiger charge is 2.24. The molecule has 0 aliphatic heterocycles. The first kappa shape index (κ1) is 29.8. The van der Waals surface area contributed by atoms with Crippen molar-refractivity contribution in [3.05, 3.63) is 69.7 Å². The number of rotatable bonds is 9. The van der Waals surface area contributed by atoms with Crippen LogP contribution in [0.5, 0.6) is 17.2 Å². The molecule has 228 valence electrons. The van der Waals surface area contributed by atoms with Crippen LogP contribution in [0.3, 0.4) is 0 Å². The molecule has 0 fully saturated rings. The van der Waals surface area contributed by atoms with E-state index in [1.54, 1.807) is 0 Å². The number of ether oxygens (including phenoxy) is 3. The van der Waals surface area contributed by atoms with Crippen molar-refractivity contribution < 1.29 is 14.2 Å². The molecule has 3 aromatic heterocycles. The van der Waals surface area contributed by atoms with Gasteiger partial charge in [0.05, 0.1) is 68.0 Å². The third-order valence-corrected chi connectivity index (χ3v) is 8.99. The van der Waals surface area contributed by atoms with Crippen LogP contribution in [0, 0.1) is 0 Å². The minimum absolute atomic E-state index is 0.492. The third kappa shape index (κ3) is 5.09. The summed E-state index contributed by atoms with van der Waals surface area (Å²) < 4.78 is 17.8. The number of aromatic nitrogens is 3. The molecule has 7 rings (SSSR count). The lowest BCUT2D eigenvalue weighted by atomic mass is 9.99. The van der Waals surface area contributed by atoms with Crippen LogP contribution < -0.4 is 14.2 Å². The summed E-state index contributed by atoms with van der Waals surface area (Å²) in [7, 11) is 0. The molecule has 0 radical (unpaired) electrons. The summed E-state index contributed by atoms with van der Waals surface area (Å²) in [5, 5.41) is 5.67. The molecule has 3 heterocycles. The number of fused-ring (bicyclic) bond motifs is 9. The van der Waals surface area contributed by atoms with Gasteiger partial charge in [0.25, 0.3) is 0 Å². The van der Waals surface area contributed by atoms with Crippen LogP contribution in [0.2, 0.25) is 15.1 Å². The number of nitrogens with zero attached hydrogens (tertiary/aromatic N) is 3. The fourth-order valence-corrected chi connectivity index (χ4v) is 6.72. The third-order valence-electron chi connectivity index (χ3n) is 7.81. The Bertz CT molecular complexity index is 2010. The van der Waals surface area contributed by atoms with Crippen molar-refractivity contribution in [2.45, 2.75) is 40.0 Å². The Morgan fingerprint density at radius 1 is 0.467 bits per heavy atom. The van der Waals surface area contributed by atoms with E-state index >= 15 is 0 Å². The second-order valence-corrected chi connectivity index (χ2v) is 12.2. The van der Waals surface area contributed by atoms with Gasteiger partial charge in [-0.2, -0.15) is 0 Å². The quantitative estimate of drug-likeness (QED) is 0.114. The van der Waals surface area contributed by atoms with Crippen molar-refractivity contribution in [1.82, 2.24) is 15.0 Å². The Labute approximate surface area is 275 Å². The SMILES string of the molecule is CCCOc1ccc2nc3c4c(Cl)c5cc(OCCC)ccc5nc4c4c(Cl)c5cc(OCCC)ccc5nc4c3c(Cl)c2c1. The van der Waals surface area contributed by atoms with Gasteiger partial charge in [0.2, 0.25) is 0 Å². The maximum atomic E-state index is 7.32. The second kappa shape index (κ2) is 12.2. The van der Waals surface area contributed by atoms with E-state index in [-0.39, 0.29) is 0 Å². The van der Waals surface area contributed by atoms with Crippen molar-refractivity contribution in [2.24, 2.45) is 0 Å². The average molecular weight is 659 g/mol. The molecule has 0 unspecified atom stereocenters. The van der Waals surface area contributed by atoms with E-state index in [0.717, 1.165) is 52.7 Å². The number of hydrogen-bond donors (Lipinski definition) is 0. The van der Waals surface area contributed by atoms with E-state index in [4.69, 9.17) is 64.0 Å². The van der Waals surface area contributed by atoms with E-state index in [2.05, 4.69) is 20.8 Å². The summed E-state index contributed by atoms with van der Waals surface area (Å²) in [6.07, 6.45) is 2.68. The van der Waals surface area contributed by atoms with E-state index < -0.39 is 0 Å². The molecule has 0 saturated heterocycles. The molecule has 0 bridgehead atoms. The van der Waals surface area contributed by atoms with E-state index in [1.807, 2.05) is 54.6 Å². The van der Waals surface area contributed by atoms with Crippen LogP contribution >= 0.6 is 34.8 Å². The fourth-order valence-electron chi connectivity index (χ4n) is 5.73. The summed E-state index contributed by atoms with van der Waals surface area (Å²) in [6, 6.07) is 17.2. The zero-order chi connectivity index (χ0) is 31.2. The number of halogens is 3. The molecule has 4 aromatic carbocycles. The molecular weight excluding hydrogens is 629 g/mol. The van der Waals surface area contributed by atoms with Crippen LogP contribution in [0.1, 0.15) is 40.0 Å². The molecule has 0 atom stereocenters. The van der Waals surface area contributed by atoms with Gasteiger partial charge >= 0.3 is 0 Å². The standard InChI is InChI=1S/C36H30Cl3N3O3/c1-4-13-43-19-7-10-25-22(16-19)31(37)28-34(40-25)29-32(38)24-18-21(45-15-6-3)9-12-27(24)42-36(29)30-33(39)23-17-20(44-14-5-2)8-11-26(23)41-35(28)30/h7-12,16-18H,4-6,13-15H2,1-3H3. The summed E-state index contributed by atoms with van der Waals surface area (Å²) >= 11 is 21.9. The molecule has 0 N–H and O–H groups in total. The molecule has 9 heteroatoms. The average Bonchev–Trinajstić information content (AvgIpc) is 3.05. The maximum absolute atomic E-state index is 7.32. The van der Waals surface area contributed by atoms with Crippen molar-refractivity contribution in [1.29, 1.82) is 0 Å². The van der Waals surface area contributed by atoms with E-state index in [1.165, 1.54) is 0 Å².